The van der Waals surface area contributed by atoms with Crippen molar-refractivity contribution in [2.75, 3.05) is 31.8 Å². The first kappa shape index (κ1) is 26.5. The highest BCUT2D eigenvalue weighted by molar-refractivity contribution is 6.08. The van der Waals surface area contributed by atoms with Crippen molar-refractivity contribution in [2.24, 2.45) is 11.8 Å². The molecule has 0 saturated heterocycles. The zero-order chi connectivity index (χ0) is 26.5. The maximum Gasteiger partial charge on any atom is 0.321 e. The lowest BCUT2D eigenvalue weighted by atomic mass is 9.89. The molecule has 4 rings (SSSR count). The maximum absolute atomic E-state index is 13.9. The zero-order valence-corrected chi connectivity index (χ0v) is 22.4. The van der Waals surface area contributed by atoms with E-state index in [-0.39, 0.29) is 12.5 Å². The van der Waals surface area contributed by atoms with Gasteiger partial charge in [-0.3, -0.25) is 14.5 Å². The van der Waals surface area contributed by atoms with Crippen LogP contribution >= 0.6 is 0 Å². The Morgan fingerprint density at radius 1 is 1.11 bits per heavy atom. The molecule has 0 aliphatic carbocycles. The van der Waals surface area contributed by atoms with Crippen LogP contribution in [0.2, 0.25) is 0 Å². The number of carbonyl (C=O) groups is 2. The van der Waals surface area contributed by atoms with E-state index in [1.165, 1.54) is 0 Å². The molecule has 8 nitrogen and oxygen atoms in total. The van der Waals surface area contributed by atoms with Crippen LogP contribution in [0.4, 0.5) is 5.95 Å². The molecule has 3 aromatic rings. The van der Waals surface area contributed by atoms with Crippen LogP contribution in [0.3, 0.4) is 0 Å². The van der Waals surface area contributed by atoms with Gasteiger partial charge in [-0.15, -0.1) is 0 Å². The Kier molecular flexibility index (Phi) is 8.36. The van der Waals surface area contributed by atoms with Gasteiger partial charge < -0.3 is 18.8 Å². The molecule has 0 saturated carbocycles. The summed E-state index contributed by atoms with van der Waals surface area (Å²) in [5.74, 6) is 0.348. The van der Waals surface area contributed by atoms with Gasteiger partial charge in [-0.25, -0.2) is 4.98 Å². The van der Waals surface area contributed by atoms with Gasteiger partial charge in [0.15, 0.2) is 17.4 Å². The first-order valence-corrected chi connectivity index (χ1v) is 13.2. The molecule has 1 amide bonds. The molecule has 0 fully saturated rings. The van der Waals surface area contributed by atoms with E-state index in [0.717, 1.165) is 35.9 Å². The van der Waals surface area contributed by atoms with E-state index in [9.17, 15) is 9.59 Å². The number of imidazole rings is 1. The predicted octanol–water partition coefficient (Wildman–Crippen LogP) is 5.39. The monoisotopic (exact) mass is 507 g/mol. The fourth-order valence-electron chi connectivity index (χ4n) is 4.77. The number of amides is 1. The number of fused-ring (bicyclic) bond motifs is 3. The lowest BCUT2D eigenvalue weighted by Gasteiger charge is -2.38. The number of ether oxygens (including phenoxy) is 3. The Balaban J connectivity index is 1.87. The Labute approximate surface area is 218 Å². The van der Waals surface area contributed by atoms with Crippen LogP contribution in [-0.2, 0) is 14.3 Å². The standard InChI is InChI=1S/C29H37N3O5/c1-6-8-16-31-27(33)25(28(34)36-7-2)26(32-22-12-10-9-11-21(22)30-29(31)32)20-13-14-23(24(18-20)35-5)37-17-15-19(3)4/h9-14,18-19,25-26H,6-8,15-17H2,1-5H3/t25-,26+/m0/s1. The van der Waals surface area contributed by atoms with Crippen LogP contribution in [-0.4, -0.2) is 48.3 Å². The lowest BCUT2D eigenvalue weighted by Crippen LogP contribution is -2.50. The summed E-state index contributed by atoms with van der Waals surface area (Å²) < 4.78 is 19.1. The van der Waals surface area contributed by atoms with E-state index in [4.69, 9.17) is 19.2 Å². The average Bonchev–Trinajstić information content (AvgIpc) is 3.26. The van der Waals surface area contributed by atoms with E-state index < -0.39 is 17.9 Å². The quantitative estimate of drug-likeness (QED) is 0.256. The number of para-hydroxylation sites is 2. The van der Waals surface area contributed by atoms with Crippen molar-refractivity contribution in [1.82, 2.24) is 9.55 Å². The van der Waals surface area contributed by atoms with Crippen LogP contribution in [0.15, 0.2) is 42.5 Å². The summed E-state index contributed by atoms with van der Waals surface area (Å²) >= 11 is 0. The molecule has 37 heavy (non-hydrogen) atoms. The highest BCUT2D eigenvalue weighted by atomic mass is 16.5. The predicted molar refractivity (Wildman–Crippen MR) is 143 cm³/mol. The number of esters is 1. The van der Waals surface area contributed by atoms with Gasteiger partial charge >= 0.3 is 5.97 Å². The van der Waals surface area contributed by atoms with Crippen molar-refractivity contribution in [1.29, 1.82) is 0 Å². The van der Waals surface area contributed by atoms with Gasteiger partial charge in [0.1, 0.15) is 0 Å². The molecule has 1 aliphatic rings. The zero-order valence-electron chi connectivity index (χ0n) is 22.4. The third-order valence-electron chi connectivity index (χ3n) is 6.70. The second-order valence-electron chi connectivity index (χ2n) is 9.73. The fourth-order valence-corrected chi connectivity index (χ4v) is 4.77. The minimum Gasteiger partial charge on any atom is -0.493 e. The highest BCUT2D eigenvalue weighted by Crippen LogP contribution is 2.43. The van der Waals surface area contributed by atoms with Gasteiger partial charge in [0.25, 0.3) is 0 Å². The molecule has 0 N–H and O–H groups in total. The SMILES string of the molecule is CCCCN1C(=O)[C@@H](C(=O)OCC)[C@@H](c2ccc(OCCC(C)C)c(OC)c2)n2c1nc1ccccc12. The van der Waals surface area contributed by atoms with E-state index in [2.05, 4.69) is 20.8 Å². The van der Waals surface area contributed by atoms with E-state index in [1.807, 2.05) is 47.0 Å². The third-order valence-corrected chi connectivity index (χ3v) is 6.70. The Morgan fingerprint density at radius 3 is 2.59 bits per heavy atom. The van der Waals surface area contributed by atoms with Crippen molar-refractivity contribution in [3.05, 3.63) is 48.0 Å². The van der Waals surface area contributed by atoms with Crippen LogP contribution in [0.25, 0.3) is 11.0 Å². The summed E-state index contributed by atoms with van der Waals surface area (Å²) in [5.41, 5.74) is 2.36. The normalized spacial score (nSPS) is 17.2. The molecule has 2 aromatic carbocycles. The van der Waals surface area contributed by atoms with Gasteiger partial charge in [0, 0.05) is 6.54 Å². The number of aromatic nitrogens is 2. The van der Waals surface area contributed by atoms with Gasteiger partial charge in [0.05, 0.1) is 37.4 Å². The summed E-state index contributed by atoms with van der Waals surface area (Å²) in [6.45, 7) is 9.36. The van der Waals surface area contributed by atoms with Crippen molar-refractivity contribution >= 4 is 28.9 Å². The molecule has 2 heterocycles. The number of unbranched alkanes of at least 4 members (excludes halogenated alkanes) is 1. The number of carbonyl (C=O) groups excluding carboxylic acids is 2. The topological polar surface area (TPSA) is 82.9 Å². The lowest BCUT2D eigenvalue weighted by molar-refractivity contribution is -0.153. The molecule has 1 aliphatic heterocycles. The van der Waals surface area contributed by atoms with E-state index >= 15 is 0 Å². The number of hydrogen-bond donors (Lipinski definition) is 0. The summed E-state index contributed by atoms with van der Waals surface area (Å²) in [5, 5.41) is 0. The smallest absolute Gasteiger partial charge is 0.321 e. The number of methoxy groups -OCH3 is 1. The molecular formula is C29H37N3O5. The minimum atomic E-state index is -1.06. The Bertz CT molecular complexity index is 1250. The first-order chi connectivity index (χ1) is 17.9. The molecule has 8 heteroatoms. The number of nitrogens with zero attached hydrogens (tertiary/aromatic N) is 3. The molecule has 0 bridgehead atoms. The molecule has 198 valence electrons. The second kappa shape index (κ2) is 11.7. The highest BCUT2D eigenvalue weighted by Gasteiger charge is 2.47. The number of rotatable bonds is 11. The van der Waals surface area contributed by atoms with Crippen LogP contribution in [0.5, 0.6) is 11.5 Å². The second-order valence-corrected chi connectivity index (χ2v) is 9.73. The summed E-state index contributed by atoms with van der Waals surface area (Å²) in [6, 6.07) is 12.7. The Hall–Kier alpha value is -3.55. The van der Waals surface area contributed by atoms with Crippen LogP contribution in [0.1, 0.15) is 58.6 Å². The average molecular weight is 508 g/mol. The third kappa shape index (κ3) is 5.29. The van der Waals surface area contributed by atoms with Gasteiger partial charge in [-0.05, 0) is 55.5 Å². The van der Waals surface area contributed by atoms with Crippen molar-refractivity contribution in [2.45, 2.75) is 53.0 Å². The minimum absolute atomic E-state index is 0.188. The van der Waals surface area contributed by atoms with Gasteiger partial charge in [-0.1, -0.05) is 45.4 Å². The number of hydrogen-bond acceptors (Lipinski definition) is 6. The summed E-state index contributed by atoms with van der Waals surface area (Å²) in [6.07, 6.45) is 2.63. The Morgan fingerprint density at radius 2 is 1.89 bits per heavy atom. The van der Waals surface area contributed by atoms with Crippen molar-refractivity contribution < 1.29 is 23.8 Å². The number of benzene rings is 2. The van der Waals surface area contributed by atoms with Crippen LogP contribution < -0.4 is 14.4 Å². The van der Waals surface area contributed by atoms with Crippen LogP contribution in [0, 0.1) is 11.8 Å². The molecule has 2 atom stereocenters. The summed E-state index contributed by atoms with van der Waals surface area (Å²) in [7, 11) is 1.59. The number of anilines is 1. The van der Waals surface area contributed by atoms with Crippen molar-refractivity contribution in [3.63, 3.8) is 0 Å². The first-order valence-electron chi connectivity index (χ1n) is 13.2. The molecular weight excluding hydrogens is 470 g/mol. The molecule has 0 spiro atoms. The largest absolute Gasteiger partial charge is 0.493 e. The van der Waals surface area contributed by atoms with E-state index in [1.54, 1.807) is 18.9 Å². The molecule has 1 aromatic heterocycles. The fraction of sp³-hybridized carbons (Fsp3) is 0.483. The maximum atomic E-state index is 13.9. The van der Waals surface area contributed by atoms with Gasteiger partial charge in [-0.2, -0.15) is 0 Å². The molecule has 0 radical (unpaired) electrons. The van der Waals surface area contributed by atoms with Gasteiger partial charge in [0.2, 0.25) is 11.9 Å². The summed E-state index contributed by atoms with van der Waals surface area (Å²) in [4.78, 5) is 33.7. The van der Waals surface area contributed by atoms with Crippen molar-refractivity contribution in [3.8, 4) is 11.5 Å². The van der Waals surface area contributed by atoms with E-state index in [0.29, 0.717) is 36.5 Å². The molecule has 0 unspecified atom stereocenters.